The van der Waals surface area contributed by atoms with Crippen LogP contribution in [0, 0.1) is 0 Å². The lowest BCUT2D eigenvalue weighted by molar-refractivity contribution is -0.142. The summed E-state index contributed by atoms with van der Waals surface area (Å²) in [7, 11) is 0. The molecular weight excluding hydrogens is 474 g/mol. The summed E-state index contributed by atoms with van der Waals surface area (Å²) in [6.45, 7) is 2.00. The van der Waals surface area contributed by atoms with E-state index in [0.717, 1.165) is 17.5 Å². The molecule has 0 saturated heterocycles. The van der Waals surface area contributed by atoms with Crippen molar-refractivity contribution in [2.24, 2.45) is 11.5 Å². The van der Waals surface area contributed by atoms with Gasteiger partial charge in [0.2, 0.25) is 17.7 Å². The Labute approximate surface area is 217 Å². The standard InChI is InChI=1S/C27H37N5O5/c1-18(30-25(34)21(29)14-8-9-15-28)24(33)31-22(16-19-10-4-2-5-11-19)26(35)32-23(27(36)37)17-20-12-6-3-7-13-20/h2-7,10-13,18,21-23H,8-9,14-17,28-29H2,1H3,(H,30,34)(H,31,33)(H,32,35)(H,36,37)/t18-,21-,22-,23-/m0/s1. The molecule has 0 radical (unpaired) electrons. The summed E-state index contributed by atoms with van der Waals surface area (Å²) in [5, 5.41) is 17.5. The molecule has 4 atom stereocenters. The fourth-order valence-electron chi connectivity index (χ4n) is 3.70. The van der Waals surface area contributed by atoms with E-state index >= 15 is 0 Å². The van der Waals surface area contributed by atoms with Crippen molar-refractivity contribution in [3.8, 4) is 0 Å². The summed E-state index contributed by atoms with van der Waals surface area (Å²) in [4.78, 5) is 50.3. The Morgan fingerprint density at radius 3 is 1.78 bits per heavy atom. The van der Waals surface area contributed by atoms with E-state index < -0.39 is 47.9 Å². The Hall–Kier alpha value is -3.76. The maximum Gasteiger partial charge on any atom is 0.326 e. The predicted octanol–water partition coefficient (Wildman–Crippen LogP) is 0.487. The highest BCUT2D eigenvalue weighted by molar-refractivity contribution is 5.94. The van der Waals surface area contributed by atoms with Crippen LogP contribution in [0.4, 0.5) is 0 Å². The number of nitrogens with one attached hydrogen (secondary N) is 3. The third-order valence-corrected chi connectivity index (χ3v) is 5.87. The molecule has 3 amide bonds. The molecular formula is C27H37N5O5. The summed E-state index contributed by atoms with van der Waals surface area (Å²) < 4.78 is 0. The largest absolute Gasteiger partial charge is 0.480 e. The molecule has 10 nitrogen and oxygen atoms in total. The van der Waals surface area contributed by atoms with Crippen LogP contribution in [-0.4, -0.2) is 59.5 Å². The van der Waals surface area contributed by atoms with Gasteiger partial charge in [0, 0.05) is 12.8 Å². The van der Waals surface area contributed by atoms with Crippen LogP contribution < -0.4 is 27.4 Å². The smallest absolute Gasteiger partial charge is 0.326 e. The highest BCUT2D eigenvalue weighted by Crippen LogP contribution is 2.07. The number of carbonyl (C=O) groups is 4. The fraction of sp³-hybridized carbons (Fsp3) is 0.407. The van der Waals surface area contributed by atoms with Gasteiger partial charge in [0.25, 0.3) is 0 Å². The SMILES string of the molecule is C[C@H](NC(=O)[C@@H](N)CCCCN)C(=O)N[C@@H](Cc1ccccc1)C(=O)N[C@@H](Cc1ccccc1)C(=O)O. The van der Waals surface area contributed by atoms with Crippen LogP contribution in [0.15, 0.2) is 60.7 Å². The van der Waals surface area contributed by atoms with Crippen LogP contribution in [0.25, 0.3) is 0 Å². The zero-order chi connectivity index (χ0) is 27.2. The highest BCUT2D eigenvalue weighted by atomic mass is 16.4. The van der Waals surface area contributed by atoms with Crippen molar-refractivity contribution in [3.05, 3.63) is 71.8 Å². The van der Waals surface area contributed by atoms with E-state index in [4.69, 9.17) is 11.5 Å². The number of amides is 3. The summed E-state index contributed by atoms with van der Waals surface area (Å²) in [6, 6.07) is 14.0. The van der Waals surface area contributed by atoms with Gasteiger partial charge in [0.1, 0.15) is 18.1 Å². The summed E-state index contributed by atoms with van der Waals surface area (Å²) in [5.41, 5.74) is 12.9. The van der Waals surface area contributed by atoms with Crippen LogP contribution in [-0.2, 0) is 32.0 Å². The van der Waals surface area contributed by atoms with E-state index in [2.05, 4.69) is 16.0 Å². The molecule has 0 aliphatic heterocycles. The minimum Gasteiger partial charge on any atom is -0.480 e. The molecule has 0 aliphatic carbocycles. The number of carboxylic acids is 1. The number of carbonyl (C=O) groups excluding carboxylic acids is 3. The van der Waals surface area contributed by atoms with E-state index in [0.29, 0.717) is 19.4 Å². The van der Waals surface area contributed by atoms with Crippen LogP contribution in [0.3, 0.4) is 0 Å². The number of carboxylic acid groups (broad SMARTS) is 1. The second kappa shape index (κ2) is 15.4. The first-order valence-corrected chi connectivity index (χ1v) is 12.4. The zero-order valence-corrected chi connectivity index (χ0v) is 21.1. The Morgan fingerprint density at radius 2 is 1.27 bits per heavy atom. The first-order valence-electron chi connectivity index (χ1n) is 12.4. The third-order valence-electron chi connectivity index (χ3n) is 5.87. The number of rotatable bonds is 15. The average molecular weight is 512 g/mol. The molecule has 2 aromatic carbocycles. The Kier molecular flexibility index (Phi) is 12.2. The number of hydrogen-bond acceptors (Lipinski definition) is 6. The third kappa shape index (κ3) is 10.4. The van der Waals surface area contributed by atoms with Crippen molar-refractivity contribution < 1.29 is 24.3 Å². The molecule has 37 heavy (non-hydrogen) atoms. The maximum atomic E-state index is 13.2. The second-order valence-electron chi connectivity index (χ2n) is 8.96. The predicted molar refractivity (Wildman–Crippen MR) is 140 cm³/mol. The molecule has 0 bridgehead atoms. The lowest BCUT2D eigenvalue weighted by Gasteiger charge is -2.24. The number of unbranched alkanes of at least 4 members (excludes halogenated alkanes) is 1. The van der Waals surface area contributed by atoms with Gasteiger partial charge in [-0.1, -0.05) is 67.1 Å². The van der Waals surface area contributed by atoms with E-state index in [1.54, 1.807) is 48.5 Å². The topological polar surface area (TPSA) is 177 Å². The molecule has 200 valence electrons. The van der Waals surface area contributed by atoms with E-state index in [1.807, 2.05) is 12.1 Å². The van der Waals surface area contributed by atoms with Crippen molar-refractivity contribution in [3.63, 3.8) is 0 Å². The van der Waals surface area contributed by atoms with Crippen LogP contribution in [0.2, 0.25) is 0 Å². The van der Waals surface area contributed by atoms with Crippen molar-refractivity contribution in [1.29, 1.82) is 0 Å². The molecule has 0 unspecified atom stereocenters. The quantitative estimate of drug-likeness (QED) is 0.188. The van der Waals surface area contributed by atoms with Crippen LogP contribution in [0.1, 0.15) is 37.3 Å². The number of aliphatic carboxylic acids is 1. The normalized spacial score (nSPS) is 14.0. The van der Waals surface area contributed by atoms with Gasteiger partial charge >= 0.3 is 5.97 Å². The first-order chi connectivity index (χ1) is 17.7. The van der Waals surface area contributed by atoms with Crippen molar-refractivity contribution >= 4 is 23.7 Å². The number of nitrogens with two attached hydrogens (primary N) is 2. The molecule has 0 saturated carbocycles. The molecule has 0 heterocycles. The lowest BCUT2D eigenvalue weighted by Crippen LogP contribution is -2.57. The van der Waals surface area contributed by atoms with E-state index in [-0.39, 0.29) is 12.8 Å². The molecule has 2 rings (SSSR count). The minimum absolute atomic E-state index is 0.0857. The van der Waals surface area contributed by atoms with Crippen LogP contribution >= 0.6 is 0 Å². The molecule has 0 fully saturated rings. The van der Waals surface area contributed by atoms with Gasteiger partial charge in [0.05, 0.1) is 6.04 Å². The van der Waals surface area contributed by atoms with Crippen molar-refractivity contribution in [1.82, 2.24) is 16.0 Å². The number of benzene rings is 2. The Balaban J connectivity index is 2.09. The average Bonchev–Trinajstić information content (AvgIpc) is 2.88. The van der Waals surface area contributed by atoms with Gasteiger partial charge in [-0.05, 0) is 37.4 Å². The van der Waals surface area contributed by atoms with E-state index in [9.17, 15) is 24.3 Å². The van der Waals surface area contributed by atoms with Gasteiger partial charge in [-0.3, -0.25) is 14.4 Å². The van der Waals surface area contributed by atoms with Gasteiger partial charge in [-0.2, -0.15) is 0 Å². The molecule has 8 N–H and O–H groups in total. The first kappa shape index (κ1) is 29.5. The Morgan fingerprint density at radius 1 is 0.757 bits per heavy atom. The monoisotopic (exact) mass is 511 g/mol. The van der Waals surface area contributed by atoms with Gasteiger partial charge in [0.15, 0.2) is 0 Å². The van der Waals surface area contributed by atoms with E-state index in [1.165, 1.54) is 6.92 Å². The van der Waals surface area contributed by atoms with Crippen molar-refractivity contribution in [2.75, 3.05) is 6.54 Å². The second-order valence-corrected chi connectivity index (χ2v) is 8.96. The zero-order valence-electron chi connectivity index (χ0n) is 21.1. The summed E-state index contributed by atoms with van der Waals surface area (Å²) in [6.07, 6.45) is 2.10. The van der Waals surface area contributed by atoms with Gasteiger partial charge in [-0.25, -0.2) is 4.79 Å². The number of hydrogen-bond donors (Lipinski definition) is 6. The lowest BCUT2D eigenvalue weighted by atomic mass is 10.0. The Bertz CT molecular complexity index is 1020. The minimum atomic E-state index is -1.19. The molecule has 0 aromatic heterocycles. The molecule has 2 aromatic rings. The summed E-state index contributed by atoms with van der Waals surface area (Å²) in [5.74, 6) is -2.89. The summed E-state index contributed by atoms with van der Waals surface area (Å²) >= 11 is 0. The molecule has 0 spiro atoms. The van der Waals surface area contributed by atoms with Crippen molar-refractivity contribution in [2.45, 2.75) is 63.2 Å². The van der Waals surface area contributed by atoms with Gasteiger partial charge in [-0.15, -0.1) is 0 Å². The molecule has 10 heteroatoms. The van der Waals surface area contributed by atoms with Crippen LogP contribution in [0.5, 0.6) is 0 Å². The molecule has 0 aliphatic rings. The highest BCUT2D eigenvalue weighted by Gasteiger charge is 2.29. The fourth-order valence-corrected chi connectivity index (χ4v) is 3.70. The maximum absolute atomic E-state index is 13.2. The van der Waals surface area contributed by atoms with Gasteiger partial charge < -0.3 is 32.5 Å².